The summed E-state index contributed by atoms with van der Waals surface area (Å²) in [5.41, 5.74) is 2.63. The van der Waals surface area contributed by atoms with E-state index in [1.54, 1.807) is 26.4 Å². The van der Waals surface area contributed by atoms with E-state index in [4.69, 9.17) is 4.74 Å². The molecule has 0 bridgehead atoms. The summed E-state index contributed by atoms with van der Waals surface area (Å²) in [6.45, 7) is 2.49. The molecular weight excluding hydrogens is 478 g/mol. The van der Waals surface area contributed by atoms with Gasteiger partial charge in [-0.15, -0.1) is 0 Å². The second-order valence-corrected chi connectivity index (χ2v) is 10.8. The molecule has 35 heavy (non-hydrogen) atoms. The zero-order valence-corrected chi connectivity index (χ0v) is 20.1. The number of aryl methyl sites for hydroxylation is 1. The number of rotatable bonds is 5. The monoisotopic (exact) mass is 500 g/mol. The Hall–Kier alpha value is -3.57. The predicted molar refractivity (Wildman–Crippen MR) is 125 cm³/mol. The Balaban J connectivity index is 1.80. The minimum Gasteiger partial charge on any atom is -0.453 e. The summed E-state index contributed by atoms with van der Waals surface area (Å²) in [4.78, 5) is 19.0. The molecule has 4 aromatic rings. The smallest absolute Gasteiger partial charge is 0.255 e. The van der Waals surface area contributed by atoms with Crippen LogP contribution in [0.1, 0.15) is 18.1 Å². The summed E-state index contributed by atoms with van der Waals surface area (Å²) in [7, 11) is -0.0836. The molecule has 0 unspecified atom stereocenters. The van der Waals surface area contributed by atoms with E-state index in [1.807, 2.05) is 11.9 Å². The van der Waals surface area contributed by atoms with Crippen molar-refractivity contribution in [2.45, 2.75) is 25.0 Å². The first kappa shape index (κ1) is 23.2. The van der Waals surface area contributed by atoms with E-state index in [1.165, 1.54) is 27.3 Å². The largest absolute Gasteiger partial charge is 0.453 e. The summed E-state index contributed by atoms with van der Waals surface area (Å²) >= 11 is 0. The molecule has 1 aromatic carbocycles. The van der Waals surface area contributed by atoms with E-state index >= 15 is 0 Å². The third-order valence-corrected chi connectivity index (χ3v) is 7.82. The normalized spacial score (nSPS) is 14.0. The van der Waals surface area contributed by atoms with Crippen LogP contribution in [0.25, 0.3) is 16.8 Å². The third kappa shape index (κ3) is 3.90. The highest BCUT2D eigenvalue weighted by Crippen LogP contribution is 2.39. The minimum absolute atomic E-state index is 0.00865. The SMILES string of the molecule is CCS(=O)(=O)c1cnc2cc(Oc3ccc(F)cc3F)c(-c3cn(C)c(=O)c4c3CN(C)C4)cn12. The van der Waals surface area contributed by atoms with Gasteiger partial charge in [0, 0.05) is 61.4 Å². The molecule has 0 radical (unpaired) electrons. The summed E-state index contributed by atoms with van der Waals surface area (Å²) < 4.78 is 62.1. The molecule has 0 aliphatic carbocycles. The first-order valence-corrected chi connectivity index (χ1v) is 12.5. The van der Waals surface area contributed by atoms with Crippen molar-refractivity contribution in [1.29, 1.82) is 0 Å². The minimum atomic E-state index is -3.60. The highest BCUT2D eigenvalue weighted by atomic mass is 32.2. The van der Waals surface area contributed by atoms with Crippen LogP contribution < -0.4 is 10.3 Å². The molecule has 4 heterocycles. The fraction of sp³-hybridized carbons (Fsp3) is 0.250. The average molecular weight is 501 g/mol. The van der Waals surface area contributed by atoms with Crippen LogP contribution in [0.3, 0.4) is 0 Å². The zero-order chi connectivity index (χ0) is 25.1. The van der Waals surface area contributed by atoms with E-state index in [2.05, 4.69) is 4.98 Å². The van der Waals surface area contributed by atoms with Crippen LogP contribution in [0.5, 0.6) is 11.5 Å². The Morgan fingerprint density at radius 1 is 1.03 bits per heavy atom. The molecule has 0 saturated carbocycles. The predicted octanol–water partition coefficient (Wildman–Crippen LogP) is 3.51. The lowest BCUT2D eigenvalue weighted by Crippen LogP contribution is -2.22. The number of ether oxygens (including phenoxy) is 1. The van der Waals surface area contributed by atoms with Gasteiger partial charge in [-0.05, 0) is 24.7 Å². The van der Waals surface area contributed by atoms with Crippen molar-refractivity contribution in [3.05, 3.63) is 76.0 Å². The lowest BCUT2D eigenvalue weighted by Gasteiger charge is -2.17. The van der Waals surface area contributed by atoms with Gasteiger partial charge in [-0.25, -0.2) is 22.2 Å². The highest BCUT2D eigenvalue weighted by molar-refractivity contribution is 7.91. The molecule has 182 valence electrons. The molecule has 11 heteroatoms. The number of aromatic nitrogens is 3. The van der Waals surface area contributed by atoms with Crippen LogP contribution in [-0.4, -0.2) is 40.1 Å². The second-order valence-electron chi connectivity index (χ2n) is 8.54. The lowest BCUT2D eigenvalue weighted by atomic mass is 10.00. The van der Waals surface area contributed by atoms with Crippen LogP contribution in [0.15, 0.2) is 52.7 Å². The van der Waals surface area contributed by atoms with Gasteiger partial charge in [-0.2, -0.15) is 0 Å². The topological polar surface area (TPSA) is 85.9 Å². The van der Waals surface area contributed by atoms with E-state index in [9.17, 15) is 22.0 Å². The first-order chi connectivity index (χ1) is 16.6. The summed E-state index contributed by atoms with van der Waals surface area (Å²) in [5, 5.41) is 0.00865. The molecule has 1 aliphatic heterocycles. The average Bonchev–Trinajstić information content (AvgIpc) is 3.41. The number of hydrogen-bond donors (Lipinski definition) is 0. The van der Waals surface area contributed by atoms with Gasteiger partial charge in [-0.1, -0.05) is 6.92 Å². The number of sulfone groups is 1. The quantitative estimate of drug-likeness (QED) is 0.417. The molecule has 3 aromatic heterocycles. The number of imidazole rings is 1. The highest BCUT2D eigenvalue weighted by Gasteiger charge is 2.27. The van der Waals surface area contributed by atoms with Crippen molar-refractivity contribution < 1.29 is 21.9 Å². The molecule has 0 saturated heterocycles. The van der Waals surface area contributed by atoms with Crippen molar-refractivity contribution in [2.75, 3.05) is 12.8 Å². The van der Waals surface area contributed by atoms with Gasteiger partial charge < -0.3 is 9.30 Å². The fourth-order valence-corrected chi connectivity index (χ4v) is 5.29. The molecule has 5 rings (SSSR count). The summed E-state index contributed by atoms with van der Waals surface area (Å²) in [6, 6.07) is 4.48. The number of nitrogens with zero attached hydrogens (tertiary/aromatic N) is 4. The third-order valence-electron chi connectivity index (χ3n) is 6.12. The Morgan fingerprint density at radius 3 is 2.49 bits per heavy atom. The van der Waals surface area contributed by atoms with Gasteiger partial charge in [0.15, 0.2) is 26.4 Å². The maximum atomic E-state index is 14.5. The molecular formula is C24H22F2N4O4S. The van der Waals surface area contributed by atoms with Crippen LogP contribution in [0, 0.1) is 11.6 Å². The van der Waals surface area contributed by atoms with Crippen molar-refractivity contribution in [3.8, 4) is 22.6 Å². The number of pyridine rings is 2. The Bertz CT molecular complexity index is 1660. The van der Waals surface area contributed by atoms with Crippen molar-refractivity contribution in [1.82, 2.24) is 18.9 Å². The van der Waals surface area contributed by atoms with E-state index < -0.39 is 21.5 Å². The van der Waals surface area contributed by atoms with Gasteiger partial charge in [0.2, 0.25) is 0 Å². The Morgan fingerprint density at radius 2 is 1.77 bits per heavy atom. The van der Waals surface area contributed by atoms with Gasteiger partial charge >= 0.3 is 0 Å². The van der Waals surface area contributed by atoms with E-state index in [0.29, 0.717) is 35.8 Å². The van der Waals surface area contributed by atoms with E-state index in [-0.39, 0.29) is 33.5 Å². The molecule has 0 fully saturated rings. The van der Waals surface area contributed by atoms with Crippen molar-refractivity contribution >= 4 is 15.5 Å². The molecule has 0 amide bonds. The van der Waals surface area contributed by atoms with Crippen LogP contribution in [0.2, 0.25) is 0 Å². The number of fused-ring (bicyclic) bond motifs is 2. The van der Waals surface area contributed by atoms with E-state index in [0.717, 1.165) is 11.6 Å². The number of halogens is 2. The van der Waals surface area contributed by atoms with Gasteiger partial charge in [0.1, 0.15) is 17.2 Å². The lowest BCUT2D eigenvalue weighted by molar-refractivity contribution is 0.352. The molecule has 0 spiro atoms. The standard InChI is InChI=1S/C24H22F2N4O4S/c1-4-35(32,33)23-9-27-22-8-21(34-20-6-5-14(25)7-19(20)26)17(13-30(22)23)16-12-29(3)24(31)18-11-28(2)10-15(16)18/h5-9,12-13H,4,10-11H2,1-3H3. The van der Waals surface area contributed by atoms with Gasteiger partial charge in [-0.3, -0.25) is 14.1 Å². The summed E-state index contributed by atoms with van der Waals surface area (Å²) in [5.74, 6) is -1.77. The molecule has 1 aliphatic rings. The first-order valence-electron chi connectivity index (χ1n) is 10.9. The number of benzene rings is 1. The summed E-state index contributed by atoms with van der Waals surface area (Å²) in [6.07, 6.45) is 4.49. The van der Waals surface area contributed by atoms with Crippen LogP contribution >= 0.6 is 0 Å². The molecule has 8 nitrogen and oxygen atoms in total. The Labute approximate surface area is 199 Å². The molecule has 0 atom stereocenters. The fourth-order valence-electron chi connectivity index (χ4n) is 4.33. The maximum absolute atomic E-state index is 14.5. The zero-order valence-electron chi connectivity index (χ0n) is 19.2. The maximum Gasteiger partial charge on any atom is 0.255 e. The number of hydrogen-bond acceptors (Lipinski definition) is 6. The van der Waals surface area contributed by atoms with Crippen molar-refractivity contribution in [2.24, 2.45) is 7.05 Å². The van der Waals surface area contributed by atoms with Crippen LogP contribution in [0.4, 0.5) is 8.78 Å². The van der Waals surface area contributed by atoms with Crippen molar-refractivity contribution in [3.63, 3.8) is 0 Å². The van der Waals surface area contributed by atoms with Gasteiger partial charge in [0.05, 0.1) is 11.9 Å². The Kier molecular flexibility index (Phi) is 5.48. The van der Waals surface area contributed by atoms with Crippen LogP contribution in [-0.2, 0) is 30.0 Å². The second kappa shape index (κ2) is 8.28. The molecule has 0 N–H and O–H groups in total. The van der Waals surface area contributed by atoms with Gasteiger partial charge in [0.25, 0.3) is 5.56 Å².